The molecule has 0 atom stereocenters. The van der Waals surface area contributed by atoms with Crippen molar-refractivity contribution >= 4 is 33.3 Å². The fourth-order valence-electron chi connectivity index (χ4n) is 3.17. The molecule has 1 saturated carbocycles. The Hall–Kier alpha value is -2.45. The summed E-state index contributed by atoms with van der Waals surface area (Å²) in [5.41, 5.74) is 1.88. The van der Waals surface area contributed by atoms with Gasteiger partial charge >= 0.3 is 0 Å². The fourth-order valence-corrected chi connectivity index (χ4v) is 4.93. The zero-order valence-corrected chi connectivity index (χ0v) is 16.3. The number of hydrogen-bond acceptors (Lipinski definition) is 6. The summed E-state index contributed by atoms with van der Waals surface area (Å²) >= 11 is 3.05. The normalized spacial score (nSPS) is 14.1. The highest BCUT2D eigenvalue weighted by Crippen LogP contribution is 2.39. The summed E-state index contributed by atoms with van der Waals surface area (Å²) in [6.45, 7) is 0. The van der Waals surface area contributed by atoms with Crippen LogP contribution < -0.4 is 5.56 Å². The van der Waals surface area contributed by atoms with Crippen LogP contribution in [0.25, 0.3) is 21.3 Å². The van der Waals surface area contributed by atoms with Gasteiger partial charge in [-0.2, -0.15) is 0 Å². The molecule has 1 fully saturated rings. The first-order valence-electron chi connectivity index (χ1n) is 8.78. The number of aromatic nitrogens is 5. The number of benzene rings is 1. The number of nitrogens with one attached hydrogen (secondary N) is 1. The molecule has 0 amide bonds. The minimum Gasteiger partial charge on any atom is -0.309 e. The van der Waals surface area contributed by atoms with Gasteiger partial charge in [0.2, 0.25) is 0 Å². The van der Waals surface area contributed by atoms with Gasteiger partial charge in [-0.25, -0.2) is 4.98 Å². The van der Waals surface area contributed by atoms with E-state index in [-0.39, 0.29) is 5.56 Å². The maximum absolute atomic E-state index is 12.7. The van der Waals surface area contributed by atoms with Crippen molar-refractivity contribution in [1.29, 1.82) is 0 Å². The Balaban J connectivity index is 1.43. The molecule has 1 aliphatic carbocycles. The summed E-state index contributed by atoms with van der Waals surface area (Å²) in [4.78, 5) is 21.1. The van der Waals surface area contributed by atoms with Crippen LogP contribution in [0.1, 0.15) is 30.4 Å². The maximum atomic E-state index is 12.7. The highest BCUT2D eigenvalue weighted by Gasteiger charge is 2.29. The van der Waals surface area contributed by atoms with E-state index >= 15 is 0 Å². The van der Waals surface area contributed by atoms with Crippen molar-refractivity contribution in [3.05, 3.63) is 57.7 Å². The molecule has 0 aliphatic heterocycles. The lowest BCUT2D eigenvalue weighted by atomic mass is 10.1. The lowest BCUT2D eigenvalue weighted by Crippen LogP contribution is -2.11. The lowest BCUT2D eigenvalue weighted by Gasteiger charge is -2.03. The van der Waals surface area contributed by atoms with Crippen LogP contribution in [-0.4, -0.2) is 24.7 Å². The Morgan fingerprint density at radius 1 is 1.26 bits per heavy atom. The van der Waals surface area contributed by atoms with Crippen LogP contribution in [0.5, 0.6) is 0 Å². The molecular weight excluding hydrogens is 378 g/mol. The number of hydrogen-bond donors (Lipinski definition) is 1. The Morgan fingerprint density at radius 3 is 2.85 bits per heavy atom. The Kier molecular flexibility index (Phi) is 4.09. The van der Waals surface area contributed by atoms with E-state index in [1.54, 1.807) is 11.8 Å². The van der Waals surface area contributed by atoms with E-state index in [9.17, 15) is 4.79 Å². The van der Waals surface area contributed by atoms with Gasteiger partial charge in [0.05, 0.1) is 11.1 Å². The van der Waals surface area contributed by atoms with Crippen LogP contribution >= 0.6 is 23.1 Å². The van der Waals surface area contributed by atoms with Crippen molar-refractivity contribution < 1.29 is 0 Å². The van der Waals surface area contributed by atoms with E-state index in [2.05, 4.69) is 24.7 Å². The number of nitrogens with zero attached hydrogens (tertiary/aromatic N) is 4. The second-order valence-electron chi connectivity index (χ2n) is 6.67. The molecule has 1 N–H and O–H groups in total. The zero-order chi connectivity index (χ0) is 18.4. The summed E-state index contributed by atoms with van der Waals surface area (Å²) in [7, 11) is 2.00. The lowest BCUT2D eigenvalue weighted by molar-refractivity contribution is 0.736. The summed E-state index contributed by atoms with van der Waals surface area (Å²) in [6, 6.07) is 9.94. The number of thiophene rings is 1. The summed E-state index contributed by atoms with van der Waals surface area (Å²) < 4.78 is 2.05. The van der Waals surface area contributed by atoms with E-state index in [1.807, 2.05) is 42.8 Å². The molecule has 5 rings (SSSR count). The molecule has 136 valence electrons. The topological polar surface area (TPSA) is 76.5 Å². The van der Waals surface area contributed by atoms with Crippen LogP contribution in [0.15, 0.2) is 45.7 Å². The van der Waals surface area contributed by atoms with E-state index < -0.39 is 0 Å². The molecule has 1 aromatic carbocycles. The Morgan fingerprint density at radius 2 is 2.07 bits per heavy atom. The predicted molar refractivity (Wildman–Crippen MR) is 108 cm³/mol. The minimum absolute atomic E-state index is 0.0904. The maximum Gasteiger partial charge on any atom is 0.260 e. The van der Waals surface area contributed by atoms with Gasteiger partial charge in [-0.15, -0.1) is 21.5 Å². The van der Waals surface area contributed by atoms with Gasteiger partial charge in [0.25, 0.3) is 5.56 Å². The van der Waals surface area contributed by atoms with Crippen LogP contribution in [0, 0.1) is 0 Å². The number of thioether (sulfide) groups is 1. The summed E-state index contributed by atoms with van der Waals surface area (Å²) in [5.74, 6) is 2.84. The van der Waals surface area contributed by atoms with Gasteiger partial charge in [0, 0.05) is 23.9 Å². The SMILES string of the molecule is Cn1c(SCc2nc3scc(-c4ccccc4)c3c(=O)[nH]2)nnc1C1CC1. The van der Waals surface area contributed by atoms with Gasteiger partial charge in [0.15, 0.2) is 5.16 Å². The third-order valence-electron chi connectivity index (χ3n) is 4.73. The molecule has 6 nitrogen and oxygen atoms in total. The molecule has 0 radical (unpaired) electrons. The smallest absolute Gasteiger partial charge is 0.260 e. The Bertz CT molecular complexity index is 1170. The third kappa shape index (κ3) is 3.08. The molecule has 4 aromatic rings. The highest BCUT2D eigenvalue weighted by atomic mass is 32.2. The first-order valence-corrected chi connectivity index (χ1v) is 10.6. The molecular formula is C19H17N5OS2. The number of aromatic amines is 1. The molecule has 3 aromatic heterocycles. The second kappa shape index (κ2) is 6.61. The van der Waals surface area contributed by atoms with Crippen LogP contribution in [0.4, 0.5) is 0 Å². The predicted octanol–water partition coefficient (Wildman–Crippen LogP) is 3.95. The standard InChI is InChI=1S/C19H17N5OS2/c1-24-16(12-7-8-12)22-23-19(24)27-10-14-20-17(25)15-13(9-26-18(15)21-14)11-5-3-2-4-6-11/h2-6,9,12H,7-8,10H2,1H3,(H,20,21,25). The van der Waals surface area contributed by atoms with E-state index in [1.165, 1.54) is 24.2 Å². The van der Waals surface area contributed by atoms with Gasteiger partial charge in [0.1, 0.15) is 16.5 Å². The average Bonchev–Trinajstić information content (AvgIpc) is 3.32. The van der Waals surface area contributed by atoms with Crippen molar-refractivity contribution in [2.75, 3.05) is 0 Å². The third-order valence-corrected chi connectivity index (χ3v) is 6.63. The monoisotopic (exact) mass is 395 g/mol. The van der Waals surface area contributed by atoms with Crippen LogP contribution in [0.2, 0.25) is 0 Å². The number of rotatable bonds is 5. The van der Waals surface area contributed by atoms with Gasteiger partial charge in [-0.3, -0.25) is 4.79 Å². The van der Waals surface area contributed by atoms with Gasteiger partial charge < -0.3 is 9.55 Å². The second-order valence-corrected chi connectivity index (χ2v) is 8.47. The summed E-state index contributed by atoms with van der Waals surface area (Å²) in [5, 5.41) is 12.1. The van der Waals surface area contributed by atoms with Crippen molar-refractivity contribution in [2.45, 2.75) is 29.7 Å². The quantitative estimate of drug-likeness (QED) is 0.518. The van der Waals surface area contributed by atoms with Gasteiger partial charge in [-0.1, -0.05) is 42.1 Å². The van der Waals surface area contributed by atoms with E-state index in [4.69, 9.17) is 0 Å². The molecule has 27 heavy (non-hydrogen) atoms. The van der Waals surface area contributed by atoms with Crippen molar-refractivity contribution in [3.63, 3.8) is 0 Å². The number of fused-ring (bicyclic) bond motifs is 1. The Labute approximate surface area is 163 Å². The highest BCUT2D eigenvalue weighted by molar-refractivity contribution is 7.98. The fraction of sp³-hybridized carbons (Fsp3) is 0.263. The number of H-pyrrole nitrogens is 1. The van der Waals surface area contributed by atoms with Gasteiger partial charge in [-0.05, 0) is 18.4 Å². The molecule has 1 aliphatic rings. The largest absolute Gasteiger partial charge is 0.309 e. The molecule has 0 spiro atoms. The van der Waals surface area contributed by atoms with E-state index in [0.717, 1.165) is 26.9 Å². The zero-order valence-electron chi connectivity index (χ0n) is 14.7. The van der Waals surface area contributed by atoms with Crippen LogP contribution in [-0.2, 0) is 12.8 Å². The van der Waals surface area contributed by atoms with Crippen molar-refractivity contribution in [2.24, 2.45) is 7.05 Å². The molecule has 0 saturated heterocycles. The minimum atomic E-state index is -0.0904. The van der Waals surface area contributed by atoms with E-state index in [0.29, 0.717) is 22.9 Å². The first-order chi connectivity index (χ1) is 13.2. The first kappa shape index (κ1) is 16.7. The molecule has 0 bridgehead atoms. The summed E-state index contributed by atoms with van der Waals surface area (Å²) in [6.07, 6.45) is 2.40. The van der Waals surface area contributed by atoms with Crippen LogP contribution in [0.3, 0.4) is 0 Å². The average molecular weight is 396 g/mol. The van der Waals surface area contributed by atoms with Crippen molar-refractivity contribution in [3.8, 4) is 11.1 Å². The van der Waals surface area contributed by atoms with Crippen molar-refractivity contribution in [1.82, 2.24) is 24.7 Å². The molecule has 0 unspecified atom stereocenters. The molecule has 8 heteroatoms. The molecule has 3 heterocycles.